The molecule has 0 amide bonds. The minimum absolute atomic E-state index is 0.115. The fraction of sp³-hybridized carbons (Fsp3) is 0.0732. The van der Waals surface area contributed by atoms with Crippen LogP contribution in [-0.4, -0.2) is 49.1 Å². The van der Waals surface area contributed by atoms with Crippen LogP contribution in [0.5, 0.6) is 11.5 Å². The molecule has 0 saturated heterocycles. The molecule has 7 aromatic rings. The van der Waals surface area contributed by atoms with E-state index in [9.17, 15) is 49.1 Å². The van der Waals surface area contributed by atoms with Crippen molar-refractivity contribution in [3.8, 4) is 11.5 Å². The van der Waals surface area contributed by atoms with Gasteiger partial charge in [-0.15, -0.1) is 10.2 Å². The molecule has 0 aliphatic heterocycles. The molecular weight excluding hydrogens is 863 g/mol. The van der Waals surface area contributed by atoms with Crippen LogP contribution in [0.25, 0.3) is 21.5 Å². The number of aryl methyl sites for hydroxylation is 3. The molecule has 0 unspecified atom stereocenters. The average Bonchev–Trinajstić information content (AvgIpc) is 3.20. The van der Waals surface area contributed by atoms with Gasteiger partial charge in [0.2, 0.25) is 0 Å². The van der Waals surface area contributed by atoms with Crippen molar-refractivity contribution in [2.75, 3.05) is 5.32 Å². The summed E-state index contributed by atoms with van der Waals surface area (Å²) in [5, 5.41) is 50.1. The van der Waals surface area contributed by atoms with E-state index in [0.717, 1.165) is 23.9 Å². The summed E-state index contributed by atoms with van der Waals surface area (Å²) in [5.41, 5.74) is 3.07. The second-order valence-electron chi connectivity index (χ2n) is 13.9. The molecule has 0 aliphatic rings. The van der Waals surface area contributed by atoms with Gasteiger partial charge in [0.05, 0.1) is 22.7 Å². The summed E-state index contributed by atoms with van der Waals surface area (Å²) in [6, 6.07) is 26.8. The molecule has 0 atom stereocenters. The van der Waals surface area contributed by atoms with E-state index in [-0.39, 0.29) is 38.6 Å². The fourth-order valence-electron chi connectivity index (χ4n) is 6.40. The third-order valence-corrected chi connectivity index (χ3v) is 12.1. The molecule has 0 aliphatic carbocycles. The van der Waals surface area contributed by atoms with Crippen LogP contribution in [-0.2, 0) is 30.4 Å². The highest BCUT2D eigenvalue weighted by atomic mass is 32.2. The maximum absolute atomic E-state index is 12.5. The molecular formula is C41H33N7O11S3. The zero-order valence-electron chi connectivity index (χ0n) is 32.5. The van der Waals surface area contributed by atoms with E-state index < -0.39 is 62.2 Å². The Balaban J connectivity index is 1.14. The van der Waals surface area contributed by atoms with E-state index in [4.69, 9.17) is 0 Å². The number of azo groups is 3. The molecule has 0 spiro atoms. The summed E-state index contributed by atoms with van der Waals surface area (Å²) in [6.07, 6.45) is 0. The lowest BCUT2D eigenvalue weighted by Crippen LogP contribution is -2.03. The molecule has 21 heteroatoms. The topological polar surface area (TPSA) is 290 Å². The van der Waals surface area contributed by atoms with Crippen molar-refractivity contribution < 1.29 is 49.1 Å². The minimum Gasteiger partial charge on any atom is -0.506 e. The first-order chi connectivity index (χ1) is 29.2. The Morgan fingerprint density at radius 3 is 1.63 bits per heavy atom. The number of anilines is 2. The van der Waals surface area contributed by atoms with Crippen molar-refractivity contribution in [3.05, 3.63) is 126 Å². The summed E-state index contributed by atoms with van der Waals surface area (Å²) in [4.78, 5) is -1.95. The Morgan fingerprint density at radius 1 is 0.452 bits per heavy atom. The van der Waals surface area contributed by atoms with Gasteiger partial charge in [-0.2, -0.15) is 45.7 Å². The molecule has 0 radical (unpaired) electrons. The first-order valence-electron chi connectivity index (χ1n) is 18.0. The van der Waals surface area contributed by atoms with Crippen LogP contribution in [0, 0.1) is 20.8 Å². The minimum atomic E-state index is -4.92. The summed E-state index contributed by atoms with van der Waals surface area (Å²) < 4.78 is 103. The standard InChI is InChI=1S/C41H33N7O11S3/c1-22-15-33(23(2)14-32(22)44-43-28-19-31-30(38(20-28)61(54,55)56)10-7-11-37(31)60(51,52)53)45-46-34-21-36(49)35(16-24(34)3)47-48-40-39(62(57,58)59)18-25-17-27(12-13-29(25)41(40)50)42-26-8-5-4-6-9-26/h4-21,42,49-50H,1-3H3,(H,51,52,53)(H,54,55,56)(H,57,58,59). The van der Waals surface area contributed by atoms with Gasteiger partial charge in [-0.1, -0.05) is 30.3 Å². The van der Waals surface area contributed by atoms with E-state index in [1.165, 1.54) is 30.3 Å². The van der Waals surface area contributed by atoms with Crippen LogP contribution in [0.15, 0.2) is 155 Å². The highest BCUT2D eigenvalue weighted by Crippen LogP contribution is 2.44. The lowest BCUT2D eigenvalue weighted by Gasteiger charge is -2.11. The van der Waals surface area contributed by atoms with E-state index >= 15 is 0 Å². The summed E-state index contributed by atoms with van der Waals surface area (Å²) in [5.74, 6) is -0.990. The molecule has 0 aromatic heterocycles. The second-order valence-corrected chi connectivity index (χ2v) is 18.0. The summed E-state index contributed by atoms with van der Waals surface area (Å²) in [6.45, 7) is 5.03. The molecule has 316 valence electrons. The molecule has 7 rings (SSSR count). The molecule has 0 saturated carbocycles. The smallest absolute Gasteiger partial charge is 0.296 e. The van der Waals surface area contributed by atoms with E-state index in [1.807, 2.05) is 30.3 Å². The number of rotatable bonds is 11. The number of benzene rings is 7. The molecule has 0 fully saturated rings. The molecule has 7 aromatic carbocycles. The number of nitrogens with zero attached hydrogens (tertiary/aromatic N) is 6. The number of para-hydroxylation sites is 1. The first kappa shape index (κ1) is 43.1. The molecule has 6 N–H and O–H groups in total. The fourth-order valence-corrected chi connectivity index (χ4v) is 8.48. The van der Waals surface area contributed by atoms with Crippen molar-refractivity contribution in [3.63, 3.8) is 0 Å². The zero-order chi connectivity index (χ0) is 44.7. The lowest BCUT2D eigenvalue weighted by atomic mass is 10.1. The van der Waals surface area contributed by atoms with Crippen molar-refractivity contribution in [1.82, 2.24) is 0 Å². The number of phenols is 2. The van der Waals surface area contributed by atoms with Gasteiger partial charge in [0, 0.05) is 33.6 Å². The first-order valence-corrected chi connectivity index (χ1v) is 22.3. The summed E-state index contributed by atoms with van der Waals surface area (Å²) >= 11 is 0. The number of nitrogens with one attached hydrogen (secondary N) is 1. The van der Waals surface area contributed by atoms with Crippen LogP contribution >= 0.6 is 0 Å². The number of aromatic hydroxyl groups is 2. The van der Waals surface area contributed by atoms with Crippen molar-refractivity contribution >= 4 is 97.4 Å². The van der Waals surface area contributed by atoms with Gasteiger partial charge in [-0.05, 0) is 116 Å². The van der Waals surface area contributed by atoms with Gasteiger partial charge in [0.1, 0.15) is 31.8 Å². The molecule has 0 heterocycles. The van der Waals surface area contributed by atoms with Gasteiger partial charge in [0.15, 0.2) is 5.75 Å². The Kier molecular flexibility index (Phi) is 11.4. The van der Waals surface area contributed by atoms with Crippen LogP contribution in [0.3, 0.4) is 0 Å². The van der Waals surface area contributed by atoms with Gasteiger partial charge in [0.25, 0.3) is 30.4 Å². The largest absolute Gasteiger partial charge is 0.506 e. The van der Waals surface area contributed by atoms with Crippen LogP contribution in [0.2, 0.25) is 0 Å². The average molecular weight is 896 g/mol. The Hall–Kier alpha value is -7.01. The number of hydrogen-bond acceptors (Lipinski definition) is 15. The predicted molar refractivity (Wildman–Crippen MR) is 230 cm³/mol. The van der Waals surface area contributed by atoms with E-state index in [2.05, 4.69) is 36.0 Å². The lowest BCUT2D eigenvalue weighted by molar-refractivity contribution is 0.471. The van der Waals surface area contributed by atoms with Crippen LogP contribution < -0.4 is 5.32 Å². The Bertz CT molecular complexity index is 3420. The van der Waals surface area contributed by atoms with Crippen LogP contribution in [0.4, 0.5) is 45.5 Å². The van der Waals surface area contributed by atoms with Gasteiger partial charge in [-0.3, -0.25) is 13.7 Å². The zero-order valence-corrected chi connectivity index (χ0v) is 34.9. The SMILES string of the molecule is Cc1cc(N=Nc2cc(O)c(N=Nc3c(S(=O)(=O)O)cc4cc(Nc5ccccc5)ccc4c3O)cc2C)c(C)cc1N=Nc1cc(S(=O)(=O)O)c2cccc(S(=O)(=O)O)c2c1. The maximum atomic E-state index is 12.5. The monoisotopic (exact) mass is 895 g/mol. The maximum Gasteiger partial charge on any atom is 0.296 e. The number of phenolic OH excluding ortho intramolecular Hbond substituents is 2. The Morgan fingerprint density at radius 2 is 1.02 bits per heavy atom. The van der Waals surface area contributed by atoms with E-state index in [1.54, 1.807) is 51.1 Å². The predicted octanol–water partition coefficient (Wildman–Crippen LogP) is 11.1. The van der Waals surface area contributed by atoms with Gasteiger partial charge in [-0.25, -0.2) is 0 Å². The molecule has 62 heavy (non-hydrogen) atoms. The molecule has 0 bridgehead atoms. The van der Waals surface area contributed by atoms with Crippen LogP contribution in [0.1, 0.15) is 16.7 Å². The third-order valence-electron chi connectivity index (χ3n) is 9.45. The van der Waals surface area contributed by atoms with Gasteiger partial charge < -0.3 is 15.5 Å². The highest BCUT2D eigenvalue weighted by Gasteiger charge is 2.24. The van der Waals surface area contributed by atoms with Crippen molar-refractivity contribution in [2.24, 2.45) is 30.7 Å². The Labute approximate surface area is 353 Å². The number of hydrogen-bond donors (Lipinski definition) is 6. The number of fused-ring (bicyclic) bond motifs is 2. The molecule has 18 nitrogen and oxygen atoms in total. The normalized spacial score (nSPS) is 12.7. The van der Waals surface area contributed by atoms with Crippen molar-refractivity contribution in [1.29, 1.82) is 0 Å². The summed E-state index contributed by atoms with van der Waals surface area (Å²) in [7, 11) is -14.6. The third kappa shape index (κ3) is 9.17. The van der Waals surface area contributed by atoms with E-state index in [0.29, 0.717) is 33.8 Å². The highest BCUT2D eigenvalue weighted by molar-refractivity contribution is 7.86. The second kappa shape index (κ2) is 16.5. The quantitative estimate of drug-likeness (QED) is 0.0522. The van der Waals surface area contributed by atoms with Crippen molar-refractivity contribution in [2.45, 2.75) is 35.5 Å². The van der Waals surface area contributed by atoms with Gasteiger partial charge >= 0.3 is 0 Å².